The van der Waals surface area contributed by atoms with Crippen LogP contribution in [-0.4, -0.2) is 47.2 Å². The molecule has 2 rings (SSSR count). The van der Waals surface area contributed by atoms with Crippen molar-refractivity contribution in [2.24, 2.45) is 11.8 Å². The third-order valence-electron chi connectivity index (χ3n) is 7.52. The predicted octanol–water partition coefficient (Wildman–Crippen LogP) is 7.56. The molecule has 0 fully saturated rings. The first-order valence-corrected chi connectivity index (χ1v) is 16.9. The molecule has 0 amide bonds. The second-order valence-electron chi connectivity index (χ2n) is 12.4. The second-order valence-corrected chi connectivity index (χ2v) is 12.4. The number of aromatic nitrogens is 2. The third-order valence-corrected chi connectivity index (χ3v) is 7.52. The zero-order valence-corrected chi connectivity index (χ0v) is 30.4. The summed E-state index contributed by atoms with van der Waals surface area (Å²) >= 11 is 0. The molecule has 0 aliphatic carbocycles. The van der Waals surface area contributed by atoms with E-state index in [2.05, 4.69) is 0 Å². The highest BCUT2D eigenvalue weighted by atomic mass is 19.4. The minimum Gasteiger partial charge on any atom is -0.501 e. The minimum atomic E-state index is -4.76. The number of aldehydes is 1. The molecule has 52 heavy (non-hydrogen) atoms. The molecule has 292 valence electrons. The summed E-state index contributed by atoms with van der Waals surface area (Å²) in [5.74, 6) is -0.831. The lowest BCUT2D eigenvalue weighted by atomic mass is 10.0. The molecule has 16 heteroatoms. The van der Waals surface area contributed by atoms with Gasteiger partial charge in [-0.05, 0) is 69.9 Å². The summed E-state index contributed by atoms with van der Waals surface area (Å²) < 4.78 is 96.0. The highest BCUT2D eigenvalue weighted by molar-refractivity contribution is 5.75. The monoisotopic (exact) mass is 750 g/mol. The van der Waals surface area contributed by atoms with E-state index in [0.717, 1.165) is 33.9 Å². The van der Waals surface area contributed by atoms with Crippen molar-refractivity contribution in [3.8, 4) is 0 Å². The average Bonchev–Trinajstić information content (AvgIpc) is 3.03. The zero-order chi connectivity index (χ0) is 39.8. The summed E-state index contributed by atoms with van der Waals surface area (Å²) in [7, 11) is 0. The van der Waals surface area contributed by atoms with E-state index in [4.69, 9.17) is 14.2 Å². The molecule has 0 bridgehead atoms. The summed E-state index contributed by atoms with van der Waals surface area (Å²) in [6.07, 6.45) is -3.65. The summed E-state index contributed by atoms with van der Waals surface area (Å²) in [6, 6.07) is -1.07. The van der Waals surface area contributed by atoms with Crippen molar-refractivity contribution in [1.82, 2.24) is 9.13 Å². The van der Waals surface area contributed by atoms with Gasteiger partial charge in [0.25, 0.3) is 11.1 Å². The van der Waals surface area contributed by atoms with Gasteiger partial charge in [0.15, 0.2) is 0 Å². The van der Waals surface area contributed by atoms with Crippen LogP contribution in [0.3, 0.4) is 0 Å². The maximum absolute atomic E-state index is 13.3. The molecule has 0 saturated carbocycles. The van der Waals surface area contributed by atoms with E-state index in [1.807, 2.05) is 27.7 Å². The molecule has 0 radical (unpaired) electrons. The van der Waals surface area contributed by atoms with Gasteiger partial charge in [0.1, 0.15) is 18.4 Å². The first kappa shape index (κ1) is 45.7. The van der Waals surface area contributed by atoms with Crippen LogP contribution in [-0.2, 0) is 47.4 Å². The highest BCUT2D eigenvalue weighted by Gasteiger charge is 2.36. The van der Waals surface area contributed by atoms with E-state index in [0.29, 0.717) is 31.3 Å². The number of carbonyl (C=O) groups is 3. The molecule has 2 atom stereocenters. The summed E-state index contributed by atoms with van der Waals surface area (Å²) in [4.78, 5) is 59.8. The molecule has 10 nitrogen and oxygen atoms in total. The zero-order valence-electron chi connectivity index (χ0n) is 30.4. The Bertz CT molecular complexity index is 1610. The number of nitrogens with zero attached hydrogens (tertiary/aromatic N) is 2. The maximum Gasteiger partial charge on any atom is 0.417 e. The molecule has 0 N–H and O–H groups in total. The summed E-state index contributed by atoms with van der Waals surface area (Å²) in [6.45, 7) is 13.2. The van der Waals surface area contributed by atoms with Crippen molar-refractivity contribution in [3.63, 3.8) is 0 Å². The number of alkyl halides is 6. The lowest BCUT2D eigenvalue weighted by Gasteiger charge is -2.21. The number of esters is 2. The van der Waals surface area contributed by atoms with Crippen LogP contribution in [0.1, 0.15) is 108 Å². The predicted molar refractivity (Wildman–Crippen MR) is 181 cm³/mol. The molecular formula is C36H48F6N2O8. The van der Waals surface area contributed by atoms with E-state index in [9.17, 15) is 50.3 Å². The van der Waals surface area contributed by atoms with E-state index < -0.39 is 65.0 Å². The average molecular weight is 751 g/mol. The molecule has 0 aliphatic heterocycles. The normalized spacial score (nSPS) is 13.1. The Morgan fingerprint density at radius 3 is 1.54 bits per heavy atom. The van der Waals surface area contributed by atoms with E-state index in [-0.39, 0.29) is 55.6 Å². The largest absolute Gasteiger partial charge is 0.501 e. The van der Waals surface area contributed by atoms with Crippen LogP contribution in [0.2, 0.25) is 0 Å². The fourth-order valence-corrected chi connectivity index (χ4v) is 4.96. The Morgan fingerprint density at radius 2 is 1.15 bits per heavy atom. The van der Waals surface area contributed by atoms with E-state index in [1.165, 1.54) is 0 Å². The van der Waals surface area contributed by atoms with Crippen LogP contribution in [0.4, 0.5) is 26.3 Å². The van der Waals surface area contributed by atoms with Crippen LogP contribution >= 0.6 is 0 Å². The molecule has 0 aromatic carbocycles. The van der Waals surface area contributed by atoms with Gasteiger partial charge < -0.3 is 28.1 Å². The lowest BCUT2D eigenvalue weighted by molar-refractivity contribution is -0.148. The highest BCUT2D eigenvalue weighted by Crippen LogP contribution is 2.33. The summed E-state index contributed by atoms with van der Waals surface area (Å²) in [5, 5.41) is 0. The van der Waals surface area contributed by atoms with Crippen molar-refractivity contribution in [3.05, 3.63) is 73.7 Å². The van der Waals surface area contributed by atoms with Gasteiger partial charge >= 0.3 is 24.3 Å². The van der Waals surface area contributed by atoms with E-state index in [1.54, 1.807) is 20.8 Å². The lowest BCUT2D eigenvalue weighted by Crippen LogP contribution is -2.33. The van der Waals surface area contributed by atoms with Gasteiger partial charge in [0.2, 0.25) is 0 Å². The fraction of sp³-hybridized carbons (Fsp3) is 0.583. The topological polar surface area (TPSA) is 123 Å². The number of hydrogen-bond donors (Lipinski definition) is 0. The van der Waals surface area contributed by atoms with Crippen LogP contribution in [0.5, 0.6) is 0 Å². The molecule has 0 aliphatic rings. The van der Waals surface area contributed by atoms with E-state index >= 15 is 0 Å². The Labute approximate surface area is 298 Å². The molecule has 2 aromatic rings. The van der Waals surface area contributed by atoms with Gasteiger partial charge in [-0.3, -0.25) is 9.59 Å². The van der Waals surface area contributed by atoms with Crippen molar-refractivity contribution in [1.29, 1.82) is 0 Å². The standard InChI is InChI=1S/C19H26F3NO4.C17H22F3NO4/c1-5-26-10-9-14-12-23(17(24)11-15(14)19(20,21)22)16(8-7-13(3)4)18(25)27-6-2;1-4-25-16(24)14(6-5-11(2)3)21-10-12(7-8-22)13(9-15(21)23)17(18,19)20/h9-13,16H,5-8H2,1-4H3;8-11,14H,4-7H2,1-3H3/b10-9+;. The van der Waals surface area contributed by atoms with Gasteiger partial charge in [-0.15, -0.1) is 0 Å². The number of halogens is 6. The SMILES string of the molecule is CCO/C=C/c1cn(C(CCC(C)C)C(=O)OCC)c(=O)cc1C(F)(F)F.CCOC(=O)C(CCC(C)C)n1cc(CC=O)c(C(F)(F)F)cc1=O. The second kappa shape index (κ2) is 21.2. The number of pyridine rings is 2. The van der Waals surface area contributed by atoms with Crippen LogP contribution in [0.25, 0.3) is 6.08 Å². The number of hydrogen-bond acceptors (Lipinski definition) is 8. The third kappa shape index (κ3) is 14.3. The van der Waals surface area contributed by atoms with Gasteiger partial charge in [0, 0.05) is 36.5 Å². The van der Waals surface area contributed by atoms with Crippen molar-refractivity contribution < 1.29 is 54.9 Å². The van der Waals surface area contributed by atoms with Crippen LogP contribution in [0, 0.1) is 11.8 Å². The number of carbonyl (C=O) groups excluding carboxylic acids is 3. The van der Waals surface area contributed by atoms with Crippen molar-refractivity contribution in [2.75, 3.05) is 19.8 Å². The minimum absolute atomic E-state index is 0.0909. The van der Waals surface area contributed by atoms with Crippen molar-refractivity contribution in [2.45, 2.75) is 105 Å². The maximum atomic E-state index is 13.3. The first-order chi connectivity index (χ1) is 24.2. The molecule has 2 aromatic heterocycles. The Morgan fingerprint density at radius 1 is 0.712 bits per heavy atom. The smallest absolute Gasteiger partial charge is 0.417 e. The molecular weight excluding hydrogens is 702 g/mol. The van der Waals surface area contributed by atoms with Crippen LogP contribution < -0.4 is 11.1 Å². The number of ether oxygens (including phenoxy) is 3. The van der Waals surface area contributed by atoms with Crippen LogP contribution in [0.15, 0.2) is 40.4 Å². The Kier molecular flexibility index (Phi) is 18.6. The molecule has 2 unspecified atom stereocenters. The molecule has 0 saturated heterocycles. The fourth-order valence-electron chi connectivity index (χ4n) is 4.96. The first-order valence-electron chi connectivity index (χ1n) is 16.9. The quantitative estimate of drug-likeness (QED) is 0.0703. The Balaban J connectivity index is 0.000000522. The number of rotatable bonds is 17. The van der Waals surface area contributed by atoms with Gasteiger partial charge in [0.05, 0.1) is 37.2 Å². The molecule has 2 heterocycles. The summed E-state index contributed by atoms with van der Waals surface area (Å²) in [5.41, 5.74) is -4.70. The molecule has 0 spiro atoms. The van der Waals surface area contributed by atoms with Gasteiger partial charge in [-0.25, -0.2) is 9.59 Å². The van der Waals surface area contributed by atoms with Gasteiger partial charge in [-0.2, -0.15) is 26.3 Å². The Hall–Kier alpha value is -4.37. The van der Waals surface area contributed by atoms with Crippen molar-refractivity contribution >= 4 is 24.3 Å². The van der Waals surface area contributed by atoms with Gasteiger partial charge in [-0.1, -0.05) is 27.7 Å².